The maximum absolute atomic E-state index is 10.7. The number of amides is 1. The fourth-order valence-corrected chi connectivity index (χ4v) is 0.983. The average Bonchev–Trinajstić information content (AvgIpc) is 2.19. The number of nitrogens with zero attached hydrogens (tertiary/aromatic N) is 1. The molecule has 0 bridgehead atoms. The highest BCUT2D eigenvalue weighted by Crippen LogP contribution is 2.09. The zero-order valence-corrected chi connectivity index (χ0v) is 7.23. The summed E-state index contributed by atoms with van der Waals surface area (Å²) in [5.74, 6) is -0.607. The lowest BCUT2D eigenvalue weighted by molar-refractivity contribution is -0.131. The third kappa shape index (κ3) is 2.66. The highest BCUT2D eigenvalue weighted by atomic mass is 16.2. The lowest BCUT2D eigenvalue weighted by Gasteiger charge is -2.10. The third-order valence-electron chi connectivity index (χ3n) is 1.67. The molecule has 0 fully saturated rings. The molecule has 1 unspecified atom stereocenters. The van der Waals surface area contributed by atoms with Gasteiger partial charge in [-0.3, -0.25) is 14.6 Å². The van der Waals surface area contributed by atoms with E-state index in [1.807, 2.05) is 0 Å². The number of aromatic nitrogens is 1. The van der Waals surface area contributed by atoms with Crippen LogP contribution >= 0.6 is 0 Å². The van der Waals surface area contributed by atoms with E-state index in [0.29, 0.717) is 0 Å². The molecule has 1 heterocycles. The van der Waals surface area contributed by atoms with Gasteiger partial charge in [-0.2, -0.15) is 0 Å². The summed E-state index contributed by atoms with van der Waals surface area (Å²) in [4.78, 5) is 24.6. The molecule has 0 aliphatic rings. The van der Waals surface area contributed by atoms with Crippen LogP contribution in [0.2, 0.25) is 0 Å². The van der Waals surface area contributed by atoms with Crippen LogP contribution in [0, 0.1) is 0 Å². The van der Waals surface area contributed by atoms with Crippen LogP contribution in [0.15, 0.2) is 24.5 Å². The number of hydrogen-bond donors (Lipinski definition) is 1. The highest BCUT2D eigenvalue weighted by molar-refractivity contribution is 6.23. The summed E-state index contributed by atoms with van der Waals surface area (Å²) in [7, 11) is 0. The van der Waals surface area contributed by atoms with Crippen molar-refractivity contribution in [3.8, 4) is 0 Å². The van der Waals surface area contributed by atoms with Crippen molar-refractivity contribution in [3.63, 3.8) is 0 Å². The molecule has 1 aromatic rings. The summed E-state index contributed by atoms with van der Waals surface area (Å²) in [6, 6.07) is 3.41. The smallest absolute Gasteiger partial charge is 0.284 e. The minimum atomic E-state index is -0.607. The first-order valence-corrected chi connectivity index (χ1v) is 3.89. The van der Waals surface area contributed by atoms with Crippen molar-refractivity contribution >= 4 is 12.2 Å². The number of nitrogens with one attached hydrogen (secondary N) is 1. The van der Waals surface area contributed by atoms with Crippen LogP contribution in [-0.4, -0.2) is 17.2 Å². The van der Waals surface area contributed by atoms with Crippen LogP contribution in [0.3, 0.4) is 0 Å². The summed E-state index contributed by atoms with van der Waals surface area (Å²) in [6.07, 6.45) is 3.54. The predicted molar refractivity (Wildman–Crippen MR) is 46.9 cm³/mol. The van der Waals surface area contributed by atoms with E-state index >= 15 is 0 Å². The van der Waals surface area contributed by atoms with Gasteiger partial charge in [-0.15, -0.1) is 0 Å². The molecule has 0 aliphatic heterocycles. The Morgan fingerprint density at radius 2 is 2.15 bits per heavy atom. The van der Waals surface area contributed by atoms with Crippen molar-refractivity contribution in [2.24, 2.45) is 0 Å². The van der Waals surface area contributed by atoms with Gasteiger partial charge in [0.2, 0.25) is 6.29 Å². The first-order chi connectivity index (χ1) is 6.24. The Morgan fingerprint density at radius 1 is 1.54 bits per heavy atom. The Balaban J connectivity index is 2.63. The fourth-order valence-electron chi connectivity index (χ4n) is 0.983. The Hall–Kier alpha value is -1.71. The topological polar surface area (TPSA) is 59.1 Å². The number of rotatable bonds is 3. The van der Waals surface area contributed by atoms with E-state index in [-0.39, 0.29) is 12.3 Å². The minimum absolute atomic E-state index is 0.166. The molecular weight excluding hydrogens is 168 g/mol. The van der Waals surface area contributed by atoms with Crippen LogP contribution in [0.5, 0.6) is 0 Å². The van der Waals surface area contributed by atoms with Gasteiger partial charge in [0.1, 0.15) is 0 Å². The molecule has 1 rings (SSSR count). The Bertz CT molecular complexity index is 298. The van der Waals surface area contributed by atoms with Crippen LogP contribution < -0.4 is 5.32 Å². The van der Waals surface area contributed by atoms with Crippen molar-refractivity contribution in [1.29, 1.82) is 0 Å². The van der Waals surface area contributed by atoms with Crippen molar-refractivity contribution < 1.29 is 9.59 Å². The molecule has 0 radical (unpaired) electrons. The van der Waals surface area contributed by atoms with Crippen molar-refractivity contribution in [2.45, 2.75) is 13.0 Å². The second-order valence-corrected chi connectivity index (χ2v) is 2.63. The van der Waals surface area contributed by atoms with Gasteiger partial charge in [0.15, 0.2) is 0 Å². The van der Waals surface area contributed by atoms with E-state index in [2.05, 4.69) is 10.3 Å². The molecule has 1 aromatic heterocycles. The summed E-state index contributed by atoms with van der Waals surface area (Å²) in [6.45, 7) is 1.80. The molecule has 68 valence electrons. The summed E-state index contributed by atoms with van der Waals surface area (Å²) in [5.41, 5.74) is 0.921. The average molecular weight is 178 g/mol. The van der Waals surface area contributed by atoms with E-state index in [4.69, 9.17) is 0 Å². The summed E-state index contributed by atoms with van der Waals surface area (Å²) >= 11 is 0. The molecule has 1 amide bonds. The van der Waals surface area contributed by atoms with Crippen LogP contribution in [0.1, 0.15) is 18.5 Å². The first kappa shape index (κ1) is 9.38. The quantitative estimate of drug-likeness (QED) is 0.540. The molecule has 4 nitrogen and oxygen atoms in total. The van der Waals surface area contributed by atoms with Gasteiger partial charge in [-0.1, -0.05) is 0 Å². The Kier molecular flexibility index (Phi) is 3.14. The normalized spacial score (nSPS) is 11.8. The SMILES string of the molecule is CC(NC(=O)C=O)c1ccncc1. The van der Waals surface area contributed by atoms with Gasteiger partial charge in [0.25, 0.3) is 5.91 Å². The summed E-state index contributed by atoms with van der Waals surface area (Å²) < 4.78 is 0. The molecule has 0 aromatic carbocycles. The number of hydrogen-bond acceptors (Lipinski definition) is 3. The zero-order chi connectivity index (χ0) is 9.68. The predicted octanol–water partition coefficient (Wildman–Crippen LogP) is 0.458. The van der Waals surface area contributed by atoms with Crippen molar-refractivity contribution in [1.82, 2.24) is 10.3 Å². The maximum atomic E-state index is 10.7. The molecule has 0 saturated heterocycles. The highest BCUT2D eigenvalue weighted by Gasteiger charge is 2.07. The van der Waals surface area contributed by atoms with Gasteiger partial charge in [0.05, 0.1) is 6.04 Å². The van der Waals surface area contributed by atoms with Crippen LogP contribution in [0.25, 0.3) is 0 Å². The number of pyridine rings is 1. The lowest BCUT2D eigenvalue weighted by Crippen LogP contribution is -2.27. The molecule has 0 aliphatic carbocycles. The van der Waals surface area contributed by atoms with E-state index in [1.165, 1.54) is 0 Å². The molecule has 1 N–H and O–H groups in total. The van der Waals surface area contributed by atoms with Gasteiger partial charge in [0, 0.05) is 12.4 Å². The van der Waals surface area contributed by atoms with Gasteiger partial charge < -0.3 is 5.32 Å². The molecule has 13 heavy (non-hydrogen) atoms. The van der Waals surface area contributed by atoms with E-state index in [0.717, 1.165) is 5.56 Å². The number of carbonyl (C=O) groups excluding carboxylic acids is 2. The minimum Gasteiger partial charge on any atom is -0.343 e. The fraction of sp³-hybridized carbons (Fsp3) is 0.222. The van der Waals surface area contributed by atoms with Gasteiger partial charge in [-0.05, 0) is 24.6 Å². The van der Waals surface area contributed by atoms with Crippen LogP contribution in [0.4, 0.5) is 0 Å². The molecule has 0 saturated carbocycles. The first-order valence-electron chi connectivity index (χ1n) is 3.89. The lowest BCUT2D eigenvalue weighted by atomic mass is 10.1. The van der Waals surface area contributed by atoms with Crippen LogP contribution in [-0.2, 0) is 9.59 Å². The Labute approximate surface area is 76.0 Å². The maximum Gasteiger partial charge on any atom is 0.284 e. The monoisotopic (exact) mass is 178 g/mol. The van der Waals surface area contributed by atoms with Gasteiger partial charge >= 0.3 is 0 Å². The van der Waals surface area contributed by atoms with E-state index < -0.39 is 5.91 Å². The van der Waals surface area contributed by atoms with E-state index in [9.17, 15) is 9.59 Å². The molecule has 4 heteroatoms. The molecular formula is C9H10N2O2. The van der Waals surface area contributed by atoms with Gasteiger partial charge in [-0.25, -0.2) is 0 Å². The number of carbonyl (C=O) groups is 2. The second-order valence-electron chi connectivity index (χ2n) is 2.63. The molecule has 1 atom stereocenters. The van der Waals surface area contributed by atoms with E-state index in [1.54, 1.807) is 31.5 Å². The standard InChI is InChI=1S/C9H10N2O2/c1-7(11-9(13)6-12)8-2-4-10-5-3-8/h2-7H,1H3,(H,11,13). The largest absolute Gasteiger partial charge is 0.343 e. The molecule has 0 spiro atoms. The third-order valence-corrected chi connectivity index (χ3v) is 1.67. The number of aldehydes is 1. The zero-order valence-electron chi connectivity index (χ0n) is 7.23. The second kappa shape index (κ2) is 4.35. The Morgan fingerprint density at radius 3 is 2.69 bits per heavy atom. The summed E-state index contributed by atoms with van der Waals surface area (Å²) in [5, 5.41) is 2.51. The van der Waals surface area contributed by atoms with Crippen molar-refractivity contribution in [3.05, 3.63) is 30.1 Å². The van der Waals surface area contributed by atoms with Crippen molar-refractivity contribution in [2.75, 3.05) is 0 Å².